The zero-order chi connectivity index (χ0) is 16.4. The molecule has 0 bridgehead atoms. The van der Waals surface area contributed by atoms with Gasteiger partial charge in [-0.25, -0.2) is 4.99 Å². The first-order valence-corrected chi connectivity index (χ1v) is 7.95. The van der Waals surface area contributed by atoms with Gasteiger partial charge in [0.25, 0.3) is 5.91 Å². The highest BCUT2D eigenvalue weighted by molar-refractivity contribution is 6.03. The normalized spacial score (nSPS) is 12.6. The van der Waals surface area contributed by atoms with E-state index in [0.29, 0.717) is 12.1 Å². The van der Waals surface area contributed by atoms with Crippen molar-refractivity contribution in [3.63, 3.8) is 0 Å². The van der Waals surface area contributed by atoms with Crippen LogP contribution in [0.2, 0.25) is 0 Å². The Kier molecular flexibility index (Phi) is 3.71. The summed E-state index contributed by atoms with van der Waals surface area (Å²) in [5.74, 6) is 0.933. The van der Waals surface area contributed by atoms with Crippen LogP contribution >= 0.6 is 0 Å². The molecule has 4 rings (SSSR count). The van der Waals surface area contributed by atoms with Crippen LogP contribution in [-0.4, -0.2) is 16.2 Å². The lowest BCUT2D eigenvalue weighted by molar-refractivity contribution is 0.0951. The predicted molar refractivity (Wildman–Crippen MR) is 94.7 cm³/mol. The molecule has 0 radical (unpaired) electrons. The molecule has 1 aliphatic heterocycles. The molecule has 0 spiro atoms. The zero-order valence-electron chi connectivity index (χ0n) is 13.1. The van der Waals surface area contributed by atoms with Crippen molar-refractivity contribution >= 4 is 17.4 Å². The summed E-state index contributed by atoms with van der Waals surface area (Å²) in [6, 6.07) is 21.5. The number of hydrogen-bond donors (Lipinski definition) is 1. The van der Waals surface area contributed by atoms with Crippen molar-refractivity contribution in [1.82, 2.24) is 9.88 Å². The van der Waals surface area contributed by atoms with Gasteiger partial charge in [-0.15, -0.1) is 0 Å². The van der Waals surface area contributed by atoms with E-state index in [-0.39, 0.29) is 5.91 Å². The summed E-state index contributed by atoms with van der Waals surface area (Å²) in [6.45, 7) is 1.29. The molecule has 0 atom stereocenters. The summed E-state index contributed by atoms with van der Waals surface area (Å²) in [6.07, 6.45) is 2.04. The van der Waals surface area contributed by atoms with Crippen molar-refractivity contribution in [2.45, 2.75) is 13.1 Å². The van der Waals surface area contributed by atoms with Crippen LogP contribution in [0, 0.1) is 0 Å². The van der Waals surface area contributed by atoms with Crippen LogP contribution in [0.25, 0.3) is 0 Å². The average molecular weight is 315 g/mol. The second kappa shape index (κ2) is 6.16. The molecule has 4 nitrogen and oxygen atoms in total. The van der Waals surface area contributed by atoms with E-state index < -0.39 is 0 Å². The van der Waals surface area contributed by atoms with Gasteiger partial charge in [0.05, 0.1) is 12.3 Å². The number of hydrogen-bond acceptors (Lipinski definition) is 2. The molecule has 0 aliphatic carbocycles. The van der Waals surface area contributed by atoms with Gasteiger partial charge in [-0.1, -0.05) is 36.4 Å². The highest BCUT2D eigenvalue weighted by atomic mass is 16.1. The van der Waals surface area contributed by atoms with Crippen LogP contribution < -0.4 is 5.32 Å². The van der Waals surface area contributed by atoms with Crippen molar-refractivity contribution in [2.24, 2.45) is 4.99 Å². The van der Waals surface area contributed by atoms with Gasteiger partial charge in [0.1, 0.15) is 5.82 Å². The van der Waals surface area contributed by atoms with E-state index >= 15 is 0 Å². The number of benzene rings is 2. The van der Waals surface area contributed by atoms with Crippen molar-refractivity contribution in [3.8, 4) is 0 Å². The number of carbonyl (C=O) groups excluding carboxylic acids is 1. The topological polar surface area (TPSA) is 46.4 Å². The van der Waals surface area contributed by atoms with Gasteiger partial charge in [0.15, 0.2) is 0 Å². The Hall–Kier alpha value is -3.14. The molecule has 24 heavy (non-hydrogen) atoms. The largest absolute Gasteiger partial charge is 0.348 e. The average Bonchev–Trinajstić information content (AvgIpc) is 3.23. The first-order chi connectivity index (χ1) is 11.8. The van der Waals surface area contributed by atoms with Gasteiger partial charge in [-0.05, 0) is 41.5 Å². The van der Waals surface area contributed by atoms with Gasteiger partial charge in [-0.2, -0.15) is 0 Å². The lowest BCUT2D eigenvalue weighted by Crippen LogP contribution is -2.22. The minimum atomic E-state index is -0.0601. The van der Waals surface area contributed by atoms with Crippen LogP contribution in [0.15, 0.2) is 77.9 Å². The number of nitrogens with zero attached hydrogens (tertiary/aromatic N) is 2. The highest BCUT2D eigenvalue weighted by Gasteiger charge is 2.14. The van der Waals surface area contributed by atoms with Gasteiger partial charge < -0.3 is 9.88 Å². The minimum absolute atomic E-state index is 0.0601. The molecule has 4 heteroatoms. The van der Waals surface area contributed by atoms with Crippen LogP contribution in [-0.2, 0) is 13.1 Å². The molecule has 0 saturated carbocycles. The molecule has 3 aromatic rings. The first kappa shape index (κ1) is 14.5. The smallest absolute Gasteiger partial charge is 0.251 e. The Morgan fingerprint density at radius 3 is 2.75 bits per heavy atom. The van der Waals surface area contributed by atoms with E-state index in [1.165, 1.54) is 0 Å². The Balaban J connectivity index is 1.46. The van der Waals surface area contributed by atoms with Crippen LogP contribution in [0.3, 0.4) is 0 Å². The Bertz CT molecular complexity index is 909. The molecular weight excluding hydrogens is 298 g/mol. The maximum atomic E-state index is 12.1. The second-order valence-electron chi connectivity index (χ2n) is 5.80. The second-order valence-corrected chi connectivity index (χ2v) is 5.80. The fourth-order valence-electron chi connectivity index (χ4n) is 2.87. The molecule has 1 aromatic heterocycles. The molecule has 1 N–H and O–H groups in total. The minimum Gasteiger partial charge on any atom is -0.348 e. The summed E-state index contributed by atoms with van der Waals surface area (Å²) >= 11 is 0. The van der Waals surface area contributed by atoms with Gasteiger partial charge in [0, 0.05) is 18.3 Å². The van der Waals surface area contributed by atoms with Gasteiger partial charge in [-0.3, -0.25) is 4.79 Å². The molecule has 1 amide bonds. The summed E-state index contributed by atoms with van der Waals surface area (Å²) < 4.78 is 2.12. The molecule has 2 aromatic carbocycles. The van der Waals surface area contributed by atoms with Crippen molar-refractivity contribution in [1.29, 1.82) is 0 Å². The lowest BCUT2D eigenvalue weighted by atomic mass is 10.1. The van der Waals surface area contributed by atoms with E-state index in [4.69, 9.17) is 0 Å². The number of carbonyl (C=O) groups is 1. The molecule has 118 valence electrons. The van der Waals surface area contributed by atoms with Crippen molar-refractivity contribution < 1.29 is 4.79 Å². The standard InChI is InChI=1S/C20H17N3O/c24-20(16-7-2-1-3-8-16)21-13-15-6-4-9-17(12-15)18-14-23-11-5-10-19(23)22-18/h1-12H,13-14H2,(H,21,24). The maximum Gasteiger partial charge on any atom is 0.251 e. The first-order valence-electron chi connectivity index (χ1n) is 7.95. The zero-order valence-corrected chi connectivity index (χ0v) is 13.1. The van der Waals surface area contributed by atoms with Crippen LogP contribution in [0.5, 0.6) is 0 Å². The van der Waals surface area contributed by atoms with Gasteiger partial charge in [0.2, 0.25) is 0 Å². The third kappa shape index (κ3) is 2.86. The third-order valence-corrected chi connectivity index (χ3v) is 4.12. The summed E-state index contributed by atoms with van der Waals surface area (Å²) in [5.41, 5.74) is 3.90. The van der Waals surface area contributed by atoms with E-state index in [0.717, 1.165) is 29.2 Å². The maximum absolute atomic E-state index is 12.1. The van der Waals surface area contributed by atoms with Gasteiger partial charge >= 0.3 is 0 Å². The molecular formula is C20H17N3O. The number of nitrogens with one attached hydrogen (secondary N) is 1. The summed E-state index contributed by atoms with van der Waals surface area (Å²) in [7, 11) is 0. The highest BCUT2D eigenvalue weighted by Crippen LogP contribution is 2.23. The molecule has 0 saturated heterocycles. The number of amides is 1. The number of rotatable bonds is 4. The fraction of sp³-hybridized carbons (Fsp3) is 0.100. The number of fused-ring (bicyclic) bond motifs is 1. The Labute approximate surface area is 140 Å². The SMILES string of the molecule is O=C(NCc1cccc(C2=Nc3cccn3C2)c1)c1ccccc1. The number of aliphatic imine (C=N–C) groups is 1. The Morgan fingerprint density at radius 2 is 1.92 bits per heavy atom. The molecule has 2 heterocycles. The predicted octanol–water partition coefficient (Wildman–Crippen LogP) is 3.55. The summed E-state index contributed by atoms with van der Waals surface area (Å²) in [5, 5.41) is 2.96. The monoisotopic (exact) mass is 315 g/mol. The number of aromatic nitrogens is 1. The van der Waals surface area contributed by atoms with E-state index in [1.807, 2.05) is 60.8 Å². The van der Waals surface area contributed by atoms with Crippen LogP contribution in [0.4, 0.5) is 5.82 Å². The lowest BCUT2D eigenvalue weighted by Gasteiger charge is -2.08. The molecule has 0 fully saturated rings. The third-order valence-electron chi connectivity index (χ3n) is 4.12. The van der Waals surface area contributed by atoms with E-state index in [1.54, 1.807) is 0 Å². The van der Waals surface area contributed by atoms with Crippen molar-refractivity contribution in [2.75, 3.05) is 0 Å². The summed E-state index contributed by atoms with van der Waals surface area (Å²) in [4.78, 5) is 16.8. The van der Waals surface area contributed by atoms with E-state index in [2.05, 4.69) is 27.0 Å². The van der Waals surface area contributed by atoms with E-state index in [9.17, 15) is 4.79 Å². The van der Waals surface area contributed by atoms with Crippen LogP contribution in [0.1, 0.15) is 21.5 Å². The molecule has 1 aliphatic rings. The molecule has 0 unspecified atom stereocenters. The van der Waals surface area contributed by atoms with Crippen molar-refractivity contribution in [3.05, 3.63) is 89.6 Å². The Morgan fingerprint density at radius 1 is 1.04 bits per heavy atom. The fourth-order valence-corrected chi connectivity index (χ4v) is 2.87. The quantitative estimate of drug-likeness (QED) is 0.786.